The van der Waals surface area contributed by atoms with Gasteiger partial charge in [-0.15, -0.1) is 0 Å². The Bertz CT molecular complexity index is 1810. The molecule has 1 aromatic heterocycles. The lowest BCUT2D eigenvalue weighted by atomic mass is 9.90. The number of nitrogens with one attached hydrogen (secondary N) is 1. The van der Waals surface area contributed by atoms with E-state index in [0.717, 1.165) is 38.7 Å². The molecular formula is C42H41NO5. The number of hydrogen-bond acceptors (Lipinski definition) is 5. The molecule has 0 amide bonds. The van der Waals surface area contributed by atoms with Crippen molar-refractivity contribution in [3.63, 3.8) is 0 Å². The Hall–Kier alpha value is -4.56. The summed E-state index contributed by atoms with van der Waals surface area (Å²) in [6.07, 6.45) is -0.294. The van der Waals surface area contributed by atoms with E-state index in [1.165, 1.54) is 0 Å². The van der Waals surface area contributed by atoms with Crippen molar-refractivity contribution >= 4 is 10.9 Å². The summed E-state index contributed by atoms with van der Waals surface area (Å²) in [6.45, 7) is 2.00. The summed E-state index contributed by atoms with van der Waals surface area (Å²) in [4.78, 5) is 3.45. The van der Waals surface area contributed by atoms with Gasteiger partial charge in [0.1, 0.15) is 30.5 Å². The Morgan fingerprint density at radius 1 is 0.479 bits per heavy atom. The summed E-state index contributed by atoms with van der Waals surface area (Å²) in [5.74, 6) is 0. The summed E-state index contributed by atoms with van der Waals surface area (Å²) in [5.41, 5.74) is 6.39. The quantitative estimate of drug-likeness (QED) is 0.129. The van der Waals surface area contributed by atoms with Gasteiger partial charge in [0.25, 0.3) is 0 Å². The zero-order valence-corrected chi connectivity index (χ0v) is 26.9. The van der Waals surface area contributed by atoms with Crippen molar-refractivity contribution in [3.8, 4) is 0 Å². The van der Waals surface area contributed by atoms with E-state index >= 15 is 0 Å². The lowest BCUT2D eigenvalue weighted by Gasteiger charge is -2.46. The fourth-order valence-electron chi connectivity index (χ4n) is 6.37. The number of ether oxygens (including phenoxy) is 5. The Morgan fingerprint density at radius 2 is 0.938 bits per heavy atom. The number of hydrogen-bond donors (Lipinski definition) is 1. The molecule has 5 aromatic carbocycles. The molecule has 0 spiro atoms. The van der Waals surface area contributed by atoms with Gasteiger partial charge in [-0.1, -0.05) is 140 Å². The highest BCUT2D eigenvalue weighted by molar-refractivity contribution is 5.83. The van der Waals surface area contributed by atoms with E-state index in [9.17, 15) is 0 Å². The van der Waals surface area contributed by atoms with Gasteiger partial charge in [-0.25, -0.2) is 0 Å². The summed E-state index contributed by atoms with van der Waals surface area (Å²) in [5, 5.41) is 1.09. The molecule has 1 aliphatic rings. The van der Waals surface area contributed by atoms with Gasteiger partial charge in [0, 0.05) is 22.7 Å². The zero-order chi connectivity index (χ0) is 32.4. The molecule has 0 bridgehead atoms. The van der Waals surface area contributed by atoms with Crippen LogP contribution in [0, 0.1) is 0 Å². The molecule has 0 saturated carbocycles. The Balaban J connectivity index is 1.25. The second-order valence-corrected chi connectivity index (χ2v) is 12.2. The van der Waals surface area contributed by atoms with Crippen LogP contribution in [0.25, 0.3) is 10.9 Å². The van der Waals surface area contributed by atoms with Gasteiger partial charge in [0.2, 0.25) is 0 Å². The van der Waals surface area contributed by atoms with Crippen LogP contribution in [0.1, 0.15) is 33.9 Å². The van der Waals surface area contributed by atoms with Crippen molar-refractivity contribution < 1.29 is 23.7 Å². The monoisotopic (exact) mass is 639 g/mol. The Kier molecular flexibility index (Phi) is 10.7. The van der Waals surface area contributed by atoms with Crippen LogP contribution in [0.3, 0.4) is 0 Å². The molecule has 2 heterocycles. The number of rotatable bonds is 14. The molecule has 1 fully saturated rings. The summed E-state index contributed by atoms with van der Waals surface area (Å²) in [6, 6.07) is 49.2. The fraction of sp³-hybridized carbons (Fsp3) is 0.238. The van der Waals surface area contributed by atoms with E-state index in [1.807, 2.05) is 85.1 Å². The maximum absolute atomic E-state index is 7.09. The van der Waals surface area contributed by atoms with E-state index < -0.39 is 30.5 Å². The molecule has 0 aliphatic carbocycles. The lowest BCUT2D eigenvalue weighted by Crippen LogP contribution is -2.58. The number of aromatic nitrogens is 1. The number of fused-ring (bicyclic) bond motifs is 1. The van der Waals surface area contributed by atoms with Gasteiger partial charge >= 0.3 is 0 Å². The number of H-pyrrole nitrogens is 1. The smallest absolute Gasteiger partial charge is 0.117 e. The van der Waals surface area contributed by atoms with Crippen molar-refractivity contribution in [2.75, 3.05) is 6.61 Å². The average molecular weight is 640 g/mol. The second kappa shape index (κ2) is 16.0. The Labute approximate surface area is 282 Å². The summed E-state index contributed by atoms with van der Waals surface area (Å²) >= 11 is 0. The van der Waals surface area contributed by atoms with E-state index in [1.54, 1.807) is 0 Å². The minimum absolute atomic E-state index is 0.323. The van der Waals surface area contributed by atoms with E-state index in [0.29, 0.717) is 33.0 Å². The van der Waals surface area contributed by atoms with Gasteiger partial charge in [-0.3, -0.25) is 0 Å². The van der Waals surface area contributed by atoms with E-state index in [2.05, 4.69) is 71.7 Å². The third kappa shape index (κ3) is 7.93. The minimum Gasteiger partial charge on any atom is -0.374 e. The van der Waals surface area contributed by atoms with Crippen LogP contribution in [0.5, 0.6) is 0 Å². The van der Waals surface area contributed by atoms with Crippen LogP contribution in [-0.2, 0) is 50.1 Å². The largest absolute Gasteiger partial charge is 0.374 e. The van der Waals surface area contributed by atoms with Crippen molar-refractivity contribution in [2.24, 2.45) is 0 Å². The minimum atomic E-state index is -0.487. The first kappa shape index (κ1) is 32.0. The van der Waals surface area contributed by atoms with Crippen molar-refractivity contribution in [2.45, 2.75) is 56.9 Å². The van der Waals surface area contributed by atoms with Crippen molar-refractivity contribution in [1.29, 1.82) is 0 Å². The lowest BCUT2D eigenvalue weighted by molar-refractivity contribution is -0.274. The van der Waals surface area contributed by atoms with Gasteiger partial charge in [0.15, 0.2) is 0 Å². The van der Waals surface area contributed by atoms with Gasteiger partial charge < -0.3 is 28.7 Å². The standard InChI is InChI=1S/C42H41NO5/c1-5-15-31(16-6-1)26-44-30-38-40(45-27-32-17-7-2-8-18-32)42(47-29-34-21-11-4-12-22-34)41(46-28-33-19-9-3-10-20-33)39(48-38)36-25-43-37-24-14-13-23-35(36)37/h1-25,38-43H,26-30H2/t38-,39?,40?,41?,42?/m1/s1. The maximum atomic E-state index is 7.09. The molecule has 6 nitrogen and oxygen atoms in total. The third-order valence-corrected chi connectivity index (χ3v) is 8.81. The van der Waals surface area contributed by atoms with Gasteiger partial charge in [-0.2, -0.15) is 0 Å². The van der Waals surface area contributed by atoms with Gasteiger partial charge in [-0.05, 0) is 28.3 Å². The first-order chi connectivity index (χ1) is 23.8. The van der Waals surface area contributed by atoms with Crippen molar-refractivity contribution in [1.82, 2.24) is 4.98 Å². The SMILES string of the molecule is c1ccc(COC[C@H]2OC(c3c[nH]c4ccccc34)C(OCc3ccccc3)C(OCc3ccccc3)C2OCc2ccccc2)cc1. The molecule has 1 saturated heterocycles. The van der Waals surface area contributed by atoms with Crippen LogP contribution >= 0.6 is 0 Å². The van der Waals surface area contributed by atoms with Crippen molar-refractivity contribution in [3.05, 3.63) is 180 Å². The van der Waals surface area contributed by atoms with Crippen LogP contribution in [0.15, 0.2) is 152 Å². The normalized spacial score (nSPS) is 21.0. The summed E-state index contributed by atoms with van der Waals surface area (Å²) < 4.78 is 34.0. The predicted octanol–water partition coefficient (Wildman–Crippen LogP) is 8.58. The Morgan fingerprint density at radius 3 is 1.50 bits per heavy atom. The molecule has 48 heavy (non-hydrogen) atoms. The molecular weight excluding hydrogens is 598 g/mol. The van der Waals surface area contributed by atoms with Gasteiger partial charge in [0.05, 0.1) is 33.0 Å². The van der Waals surface area contributed by atoms with Crippen LogP contribution in [0.2, 0.25) is 0 Å². The maximum Gasteiger partial charge on any atom is 0.117 e. The molecule has 7 rings (SSSR count). The first-order valence-electron chi connectivity index (χ1n) is 16.6. The highest BCUT2D eigenvalue weighted by Gasteiger charge is 2.49. The van der Waals surface area contributed by atoms with Crippen LogP contribution in [-0.4, -0.2) is 36.0 Å². The highest BCUT2D eigenvalue weighted by Crippen LogP contribution is 2.41. The fourth-order valence-corrected chi connectivity index (χ4v) is 6.37. The molecule has 6 aromatic rings. The van der Waals surface area contributed by atoms with Crippen LogP contribution < -0.4 is 0 Å². The van der Waals surface area contributed by atoms with Crippen LogP contribution in [0.4, 0.5) is 0 Å². The second-order valence-electron chi connectivity index (χ2n) is 12.2. The average Bonchev–Trinajstić information content (AvgIpc) is 3.58. The van der Waals surface area contributed by atoms with E-state index in [-0.39, 0.29) is 0 Å². The topological polar surface area (TPSA) is 61.9 Å². The molecule has 1 N–H and O–H groups in total. The molecule has 5 atom stereocenters. The molecule has 0 radical (unpaired) electrons. The summed E-state index contributed by atoms with van der Waals surface area (Å²) in [7, 11) is 0. The molecule has 1 aliphatic heterocycles. The number of benzene rings is 5. The zero-order valence-electron chi connectivity index (χ0n) is 26.9. The first-order valence-corrected chi connectivity index (χ1v) is 16.6. The predicted molar refractivity (Wildman–Crippen MR) is 187 cm³/mol. The molecule has 244 valence electrons. The number of aromatic amines is 1. The highest BCUT2D eigenvalue weighted by atomic mass is 16.6. The molecule has 4 unspecified atom stereocenters. The third-order valence-electron chi connectivity index (χ3n) is 8.81. The molecule has 6 heteroatoms. The van der Waals surface area contributed by atoms with E-state index in [4.69, 9.17) is 23.7 Å². The number of para-hydroxylation sites is 1.